The third-order valence-electron chi connectivity index (χ3n) is 12.0. The van der Waals surface area contributed by atoms with Crippen molar-refractivity contribution in [1.29, 1.82) is 0 Å². The van der Waals surface area contributed by atoms with E-state index in [1.165, 1.54) is 33.4 Å². The fourth-order valence-corrected chi connectivity index (χ4v) is 9.20. The van der Waals surface area contributed by atoms with Crippen LogP contribution in [-0.4, -0.2) is 0 Å². The highest BCUT2D eigenvalue weighted by molar-refractivity contribution is 6.07. The maximum Gasteiger partial charge on any atom is 0.138 e. The summed E-state index contributed by atoms with van der Waals surface area (Å²) < 4.78 is 6.90. The lowest BCUT2D eigenvalue weighted by Crippen LogP contribution is -2.16. The number of nitrogens with zero attached hydrogens (tertiary/aromatic N) is 2. The van der Waals surface area contributed by atoms with Gasteiger partial charge in [-0.2, -0.15) is 0 Å². The van der Waals surface area contributed by atoms with Gasteiger partial charge >= 0.3 is 0 Å². The minimum atomic E-state index is -0.122. The average Bonchev–Trinajstić information content (AvgIpc) is 3.50. The van der Waals surface area contributed by atoms with Gasteiger partial charge in [-0.05, 0) is 117 Å². The summed E-state index contributed by atoms with van der Waals surface area (Å²) in [6, 6.07) is 74.2. The number of rotatable bonds is 7. The molecule has 0 spiro atoms. The predicted octanol–water partition coefficient (Wildman–Crippen LogP) is 15.5. The molecule has 0 fully saturated rings. The van der Waals surface area contributed by atoms with E-state index in [0.29, 0.717) is 0 Å². The highest BCUT2D eigenvalue weighted by atomic mass is 16.5. The average molecular weight is 745 g/mol. The summed E-state index contributed by atoms with van der Waals surface area (Å²) >= 11 is 0. The van der Waals surface area contributed by atoms with Crippen molar-refractivity contribution in [3.8, 4) is 44.9 Å². The Morgan fingerprint density at radius 1 is 0.345 bits per heavy atom. The highest BCUT2D eigenvalue weighted by Gasteiger charge is 2.36. The lowest BCUT2D eigenvalue weighted by Gasteiger charge is -2.30. The second kappa shape index (κ2) is 13.4. The maximum atomic E-state index is 6.90. The predicted molar refractivity (Wildman–Crippen MR) is 242 cm³/mol. The van der Waals surface area contributed by atoms with Crippen LogP contribution in [-0.2, 0) is 5.41 Å². The zero-order valence-corrected chi connectivity index (χ0v) is 32.4. The van der Waals surface area contributed by atoms with Crippen molar-refractivity contribution >= 4 is 44.9 Å². The molecule has 2 aliphatic rings. The molecule has 0 radical (unpaired) electrons. The Labute approximate surface area is 339 Å². The summed E-state index contributed by atoms with van der Waals surface area (Å²) in [4.78, 5) is 4.69. The first-order chi connectivity index (χ1) is 28.5. The molecule has 0 N–H and O–H groups in total. The quantitative estimate of drug-likeness (QED) is 0.162. The molecule has 0 bridgehead atoms. The molecular weight excluding hydrogens is 705 g/mol. The zero-order chi connectivity index (χ0) is 38.8. The van der Waals surface area contributed by atoms with Gasteiger partial charge in [-0.1, -0.05) is 141 Å². The van der Waals surface area contributed by atoms with Crippen molar-refractivity contribution in [1.82, 2.24) is 0 Å². The standard InChI is InChI=1S/C55H40N2O/c1-55(2)50-24-13-12-22-46(50)47-31-29-44(35-51(47)55)57(42-27-25-38(26-28-42)37-15-6-3-7-16-37)43-30-32-52-49(34-43)48-23-14-17-39-33-45(36-53(58-52)54(39)48)56(40-18-8-4-9-19-40)41-20-10-5-11-21-41/h3-36H,1-2H3. The van der Waals surface area contributed by atoms with Crippen LogP contribution in [0.5, 0.6) is 11.5 Å². The Kier molecular flexibility index (Phi) is 7.84. The molecule has 3 nitrogen and oxygen atoms in total. The van der Waals surface area contributed by atoms with Crippen LogP contribution in [0.25, 0.3) is 44.2 Å². The molecule has 0 atom stereocenters. The molecular formula is C55H40N2O. The fourth-order valence-electron chi connectivity index (χ4n) is 9.20. The first-order valence-corrected chi connectivity index (χ1v) is 20.0. The molecule has 0 unspecified atom stereocenters. The molecule has 58 heavy (non-hydrogen) atoms. The number of hydrogen-bond donors (Lipinski definition) is 0. The van der Waals surface area contributed by atoms with Crippen molar-refractivity contribution < 1.29 is 4.74 Å². The smallest absolute Gasteiger partial charge is 0.138 e. The van der Waals surface area contributed by atoms with E-state index in [2.05, 4.69) is 230 Å². The summed E-state index contributed by atoms with van der Waals surface area (Å²) in [7, 11) is 0. The van der Waals surface area contributed by atoms with Crippen molar-refractivity contribution in [2.45, 2.75) is 19.3 Å². The lowest BCUT2D eigenvalue weighted by atomic mass is 9.82. The molecule has 276 valence electrons. The van der Waals surface area contributed by atoms with E-state index in [9.17, 15) is 0 Å². The number of benzene rings is 9. The summed E-state index contributed by atoms with van der Waals surface area (Å²) in [6.07, 6.45) is 0. The molecule has 0 aromatic heterocycles. The highest BCUT2D eigenvalue weighted by Crippen LogP contribution is 2.53. The Balaban J connectivity index is 1.05. The Bertz CT molecular complexity index is 2950. The first-order valence-electron chi connectivity index (χ1n) is 20.0. The fraction of sp³-hybridized carbons (Fsp3) is 0.0545. The van der Waals surface area contributed by atoms with Gasteiger partial charge in [0, 0.05) is 50.9 Å². The minimum Gasteiger partial charge on any atom is -0.456 e. The number of anilines is 6. The Morgan fingerprint density at radius 3 is 1.64 bits per heavy atom. The molecule has 3 heteroatoms. The maximum absolute atomic E-state index is 6.90. The summed E-state index contributed by atoms with van der Waals surface area (Å²) in [5.41, 5.74) is 16.4. The van der Waals surface area contributed by atoms with Gasteiger partial charge in [-0.3, -0.25) is 0 Å². The number of hydrogen-bond acceptors (Lipinski definition) is 3. The normalized spacial score (nSPS) is 12.9. The molecule has 0 amide bonds. The number of ether oxygens (including phenoxy) is 1. The van der Waals surface area contributed by atoms with Crippen LogP contribution in [0.3, 0.4) is 0 Å². The third kappa shape index (κ3) is 5.50. The molecule has 0 saturated carbocycles. The van der Waals surface area contributed by atoms with Gasteiger partial charge in [0.1, 0.15) is 11.5 Å². The molecule has 9 aromatic carbocycles. The van der Waals surface area contributed by atoms with Crippen LogP contribution in [0, 0.1) is 0 Å². The van der Waals surface area contributed by atoms with E-state index >= 15 is 0 Å². The molecule has 1 aliphatic carbocycles. The zero-order valence-electron chi connectivity index (χ0n) is 32.4. The third-order valence-corrected chi connectivity index (χ3v) is 12.0. The van der Waals surface area contributed by atoms with Crippen molar-refractivity contribution in [3.63, 3.8) is 0 Å². The van der Waals surface area contributed by atoms with E-state index in [-0.39, 0.29) is 5.41 Å². The first kappa shape index (κ1) is 33.9. The van der Waals surface area contributed by atoms with Crippen LogP contribution in [0.15, 0.2) is 206 Å². The van der Waals surface area contributed by atoms with Gasteiger partial charge in [-0.25, -0.2) is 0 Å². The summed E-state index contributed by atoms with van der Waals surface area (Å²) in [6.45, 7) is 4.69. The summed E-state index contributed by atoms with van der Waals surface area (Å²) in [5.74, 6) is 1.70. The van der Waals surface area contributed by atoms with Crippen LogP contribution >= 0.6 is 0 Å². The Morgan fingerprint density at radius 2 is 0.897 bits per heavy atom. The number of para-hydroxylation sites is 2. The van der Waals surface area contributed by atoms with E-state index in [0.717, 1.165) is 67.5 Å². The molecule has 11 rings (SSSR count). The largest absolute Gasteiger partial charge is 0.456 e. The molecule has 9 aromatic rings. The second-order valence-electron chi connectivity index (χ2n) is 15.8. The topological polar surface area (TPSA) is 15.7 Å². The second-order valence-corrected chi connectivity index (χ2v) is 15.8. The summed E-state index contributed by atoms with van der Waals surface area (Å²) in [5, 5.41) is 2.25. The monoisotopic (exact) mass is 744 g/mol. The lowest BCUT2D eigenvalue weighted by molar-refractivity contribution is 0.487. The van der Waals surface area contributed by atoms with Gasteiger partial charge in [0.15, 0.2) is 0 Å². The van der Waals surface area contributed by atoms with E-state index in [1.54, 1.807) is 0 Å². The van der Waals surface area contributed by atoms with E-state index in [1.807, 2.05) is 0 Å². The van der Waals surface area contributed by atoms with Crippen molar-refractivity contribution in [2.75, 3.05) is 9.80 Å². The van der Waals surface area contributed by atoms with Crippen LogP contribution < -0.4 is 14.5 Å². The van der Waals surface area contributed by atoms with Gasteiger partial charge in [0.2, 0.25) is 0 Å². The molecule has 1 aliphatic heterocycles. The number of fused-ring (bicyclic) bond motifs is 5. The Hall–Kier alpha value is -7.36. The minimum absolute atomic E-state index is 0.122. The molecule has 1 heterocycles. The van der Waals surface area contributed by atoms with Crippen LogP contribution in [0.4, 0.5) is 34.1 Å². The van der Waals surface area contributed by atoms with Gasteiger partial charge in [0.25, 0.3) is 0 Å². The van der Waals surface area contributed by atoms with Crippen LogP contribution in [0.2, 0.25) is 0 Å². The van der Waals surface area contributed by atoms with Gasteiger partial charge in [0.05, 0.1) is 5.69 Å². The van der Waals surface area contributed by atoms with Crippen LogP contribution in [0.1, 0.15) is 25.0 Å². The van der Waals surface area contributed by atoms with Gasteiger partial charge < -0.3 is 14.5 Å². The van der Waals surface area contributed by atoms with Crippen molar-refractivity contribution in [3.05, 3.63) is 217 Å². The van der Waals surface area contributed by atoms with E-state index in [4.69, 9.17) is 4.74 Å². The molecule has 0 saturated heterocycles. The SMILES string of the molecule is CC1(C)c2ccccc2-c2ccc(N(c3ccc(-c4ccccc4)cc3)c3ccc4c(c3)-c3cccc5cc(N(c6ccccc6)c6ccccc6)cc(c35)O4)cc21. The van der Waals surface area contributed by atoms with E-state index < -0.39 is 0 Å². The van der Waals surface area contributed by atoms with Gasteiger partial charge in [-0.15, -0.1) is 0 Å². The van der Waals surface area contributed by atoms with Crippen molar-refractivity contribution in [2.24, 2.45) is 0 Å².